The third-order valence-corrected chi connectivity index (χ3v) is 6.28. The van der Waals surface area contributed by atoms with Crippen molar-refractivity contribution in [3.63, 3.8) is 0 Å². The molecule has 1 aromatic heterocycles. The standard InChI is InChI=1S/C16H16N2O6S2.C2H7NO/c1-8(19)24-6-9-7-26-15-12(14(21)18(15)13(9)16(22)23)17-11(20)5-10-3-2-4-25-10;3-1-2-4/h2-4,12,15H,5-7H2,1H3,(H,17,20)(H,22,23);4H,1-3H2/t12-,15-;/m0./s1. The Balaban J connectivity index is 0.000000735. The SMILES string of the molecule is CC(=O)OCC1=C(C(=O)O)N2C(=O)[C@H](NC(=O)Cc3cccs3)[C@@H]2SC1.NCCO. The number of hydrogen-bond acceptors (Lipinski definition) is 9. The van der Waals surface area contributed by atoms with Gasteiger partial charge in [0.2, 0.25) is 5.91 Å². The fraction of sp³-hybridized carbons (Fsp3) is 0.444. The van der Waals surface area contributed by atoms with Crippen LogP contribution in [0.5, 0.6) is 0 Å². The second kappa shape index (κ2) is 11.1. The van der Waals surface area contributed by atoms with Crippen LogP contribution in [0.25, 0.3) is 0 Å². The molecule has 0 aliphatic carbocycles. The van der Waals surface area contributed by atoms with Crippen LogP contribution in [0.1, 0.15) is 11.8 Å². The molecule has 30 heavy (non-hydrogen) atoms. The molecule has 0 saturated carbocycles. The predicted octanol–water partition coefficient (Wildman–Crippen LogP) is -0.470. The van der Waals surface area contributed by atoms with Gasteiger partial charge in [0.1, 0.15) is 23.7 Å². The van der Waals surface area contributed by atoms with Gasteiger partial charge < -0.3 is 26.0 Å². The minimum Gasteiger partial charge on any atom is -0.477 e. The highest BCUT2D eigenvalue weighted by Gasteiger charge is 2.54. The molecule has 0 unspecified atom stereocenters. The Kier molecular flexibility index (Phi) is 8.84. The first-order valence-corrected chi connectivity index (χ1v) is 10.9. The van der Waals surface area contributed by atoms with Crippen LogP contribution in [0.3, 0.4) is 0 Å². The molecule has 0 bridgehead atoms. The van der Waals surface area contributed by atoms with Crippen LogP contribution in [0.4, 0.5) is 0 Å². The second-order valence-corrected chi connectivity index (χ2v) is 8.40. The van der Waals surface area contributed by atoms with Gasteiger partial charge in [-0.05, 0) is 11.4 Å². The number of nitrogens with zero attached hydrogens (tertiary/aromatic N) is 1. The molecule has 3 rings (SSSR count). The lowest BCUT2D eigenvalue weighted by molar-refractivity contribution is -0.151. The average Bonchev–Trinajstić information content (AvgIpc) is 3.22. The quantitative estimate of drug-likeness (QED) is 0.313. The summed E-state index contributed by atoms with van der Waals surface area (Å²) < 4.78 is 4.87. The lowest BCUT2D eigenvalue weighted by Crippen LogP contribution is -2.70. The maximum atomic E-state index is 12.4. The van der Waals surface area contributed by atoms with E-state index in [1.54, 1.807) is 0 Å². The number of nitrogens with two attached hydrogens (primary N) is 1. The topological polar surface area (TPSA) is 159 Å². The van der Waals surface area contributed by atoms with Crippen molar-refractivity contribution in [3.8, 4) is 0 Å². The Hall–Kier alpha value is -2.41. The van der Waals surface area contributed by atoms with E-state index < -0.39 is 29.3 Å². The van der Waals surface area contributed by atoms with E-state index in [0.29, 0.717) is 17.9 Å². The van der Waals surface area contributed by atoms with Gasteiger partial charge in [-0.1, -0.05) is 6.07 Å². The largest absolute Gasteiger partial charge is 0.477 e. The summed E-state index contributed by atoms with van der Waals surface area (Å²) in [6.45, 7) is 1.53. The number of carboxylic acids is 1. The van der Waals surface area contributed by atoms with Crippen LogP contribution < -0.4 is 11.1 Å². The first kappa shape index (κ1) is 23.9. The number of aliphatic hydroxyl groups is 1. The van der Waals surface area contributed by atoms with Crippen molar-refractivity contribution in [3.05, 3.63) is 33.7 Å². The summed E-state index contributed by atoms with van der Waals surface area (Å²) in [6, 6.07) is 2.92. The molecule has 2 aliphatic heterocycles. The van der Waals surface area contributed by atoms with E-state index in [1.807, 2.05) is 17.5 Å². The summed E-state index contributed by atoms with van der Waals surface area (Å²) in [5, 5.41) is 21.3. The van der Waals surface area contributed by atoms with Crippen molar-refractivity contribution in [1.82, 2.24) is 10.2 Å². The van der Waals surface area contributed by atoms with Gasteiger partial charge in [-0.15, -0.1) is 23.1 Å². The molecule has 0 aromatic carbocycles. The molecule has 2 amide bonds. The van der Waals surface area contributed by atoms with Gasteiger partial charge in [-0.25, -0.2) is 4.79 Å². The van der Waals surface area contributed by atoms with Gasteiger partial charge in [0.15, 0.2) is 0 Å². The lowest BCUT2D eigenvalue weighted by Gasteiger charge is -2.49. The van der Waals surface area contributed by atoms with Gasteiger partial charge >= 0.3 is 11.9 Å². The maximum absolute atomic E-state index is 12.4. The van der Waals surface area contributed by atoms with E-state index in [0.717, 1.165) is 9.78 Å². The summed E-state index contributed by atoms with van der Waals surface area (Å²) in [5.41, 5.74) is 4.98. The van der Waals surface area contributed by atoms with Crippen molar-refractivity contribution < 1.29 is 34.1 Å². The zero-order valence-corrected chi connectivity index (χ0v) is 17.8. The van der Waals surface area contributed by atoms with Gasteiger partial charge in [-0.3, -0.25) is 19.3 Å². The number of hydrogen-bond donors (Lipinski definition) is 4. The Morgan fingerprint density at radius 2 is 2.10 bits per heavy atom. The molecule has 3 heterocycles. The molecule has 1 fully saturated rings. The number of aliphatic carboxylic acids is 1. The minimum atomic E-state index is -1.26. The molecule has 164 valence electrons. The summed E-state index contributed by atoms with van der Waals surface area (Å²) >= 11 is 2.79. The third-order valence-electron chi connectivity index (χ3n) is 4.06. The molecule has 0 radical (unpaired) electrons. The number of rotatable bonds is 7. The fourth-order valence-corrected chi connectivity index (χ4v) is 4.81. The first-order chi connectivity index (χ1) is 14.3. The Morgan fingerprint density at radius 3 is 2.63 bits per heavy atom. The van der Waals surface area contributed by atoms with Gasteiger partial charge in [0.25, 0.3) is 5.91 Å². The number of amides is 2. The molecule has 5 N–H and O–H groups in total. The molecule has 12 heteroatoms. The highest BCUT2D eigenvalue weighted by Crippen LogP contribution is 2.40. The highest BCUT2D eigenvalue weighted by molar-refractivity contribution is 8.00. The van der Waals surface area contributed by atoms with Crippen LogP contribution in [0.2, 0.25) is 0 Å². The van der Waals surface area contributed by atoms with Crippen LogP contribution in [0.15, 0.2) is 28.8 Å². The predicted molar refractivity (Wildman–Crippen MR) is 110 cm³/mol. The number of thioether (sulfide) groups is 1. The zero-order valence-electron chi connectivity index (χ0n) is 16.2. The van der Waals surface area contributed by atoms with Crippen molar-refractivity contribution in [2.45, 2.75) is 24.8 Å². The number of nitrogens with one attached hydrogen (secondary N) is 1. The molecular formula is C18H23N3O7S2. The fourth-order valence-electron chi connectivity index (χ4n) is 2.78. The molecule has 2 atom stereocenters. The Morgan fingerprint density at radius 1 is 1.40 bits per heavy atom. The van der Waals surface area contributed by atoms with Crippen molar-refractivity contribution in [2.24, 2.45) is 5.73 Å². The second-order valence-electron chi connectivity index (χ2n) is 6.26. The number of aliphatic hydroxyl groups excluding tert-OH is 1. The minimum absolute atomic E-state index is 0.0972. The van der Waals surface area contributed by atoms with Crippen LogP contribution in [-0.2, 0) is 30.3 Å². The molecular weight excluding hydrogens is 434 g/mol. The van der Waals surface area contributed by atoms with E-state index in [-0.39, 0.29) is 31.2 Å². The number of carbonyl (C=O) groups is 4. The Labute approximate surface area is 181 Å². The van der Waals surface area contributed by atoms with E-state index >= 15 is 0 Å². The Bertz CT molecular complexity index is 824. The molecule has 2 aliphatic rings. The average molecular weight is 458 g/mol. The van der Waals surface area contributed by atoms with Crippen molar-refractivity contribution >= 4 is 46.9 Å². The number of thiophene rings is 1. The van der Waals surface area contributed by atoms with Crippen molar-refractivity contribution in [2.75, 3.05) is 25.5 Å². The lowest BCUT2D eigenvalue weighted by atomic mass is 10.0. The van der Waals surface area contributed by atoms with E-state index in [9.17, 15) is 24.3 Å². The molecule has 10 nitrogen and oxygen atoms in total. The maximum Gasteiger partial charge on any atom is 0.352 e. The molecule has 0 spiro atoms. The summed E-state index contributed by atoms with van der Waals surface area (Å²) in [6.07, 6.45) is 0.179. The normalized spacial score (nSPS) is 19.8. The highest BCUT2D eigenvalue weighted by atomic mass is 32.2. The molecule has 1 aromatic rings. The smallest absolute Gasteiger partial charge is 0.352 e. The number of esters is 1. The number of carboxylic acid groups (broad SMARTS) is 1. The van der Waals surface area contributed by atoms with E-state index in [4.69, 9.17) is 15.6 Å². The summed E-state index contributed by atoms with van der Waals surface area (Å²) in [5.74, 6) is -2.23. The van der Waals surface area contributed by atoms with Crippen molar-refractivity contribution in [1.29, 1.82) is 0 Å². The van der Waals surface area contributed by atoms with Crippen LogP contribution in [-0.4, -0.2) is 75.8 Å². The number of ether oxygens (including phenoxy) is 1. The van der Waals surface area contributed by atoms with Crippen LogP contribution in [0, 0.1) is 0 Å². The van der Waals surface area contributed by atoms with Gasteiger partial charge in [0.05, 0.1) is 13.0 Å². The summed E-state index contributed by atoms with van der Waals surface area (Å²) in [4.78, 5) is 49.2. The first-order valence-electron chi connectivity index (χ1n) is 8.96. The van der Waals surface area contributed by atoms with Crippen LogP contribution >= 0.6 is 23.1 Å². The third kappa shape index (κ3) is 5.81. The number of β-lactam (4-membered cyclic amide) rings is 1. The van der Waals surface area contributed by atoms with Gasteiger partial charge in [-0.2, -0.15) is 0 Å². The number of fused-ring (bicyclic) bond motifs is 1. The molecule has 1 saturated heterocycles. The van der Waals surface area contributed by atoms with E-state index in [2.05, 4.69) is 5.32 Å². The summed E-state index contributed by atoms with van der Waals surface area (Å²) in [7, 11) is 0. The van der Waals surface area contributed by atoms with Gasteiger partial charge in [0, 0.05) is 29.7 Å². The van der Waals surface area contributed by atoms with E-state index in [1.165, 1.54) is 30.0 Å². The monoisotopic (exact) mass is 457 g/mol. The number of carbonyl (C=O) groups excluding carboxylic acids is 3. The zero-order chi connectivity index (χ0) is 22.3.